The van der Waals surface area contributed by atoms with Crippen LogP contribution in [-0.4, -0.2) is 16.1 Å². The van der Waals surface area contributed by atoms with E-state index in [2.05, 4.69) is 25.9 Å². The summed E-state index contributed by atoms with van der Waals surface area (Å²) >= 11 is 4.82. The van der Waals surface area contributed by atoms with Crippen molar-refractivity contribution in [1.82, 2.24) is 4.98 Å². The molecule has 7 heteroatoms. The van der Waals surface area contributed by atoms with Crippen LogP contribution in [0.5, 0.6) is 0 Å². The third-order valence-electron chi connectivity index (χ3n) is 3.04. The van der Waals surface area contributed by atoms with E-state index in [9.17, 15) is 10.1 Å². The monoisotopic (exact) mass is 387 g/mol. The second-order valence-corrected chi connectivity index (χ2v) is 6.38. The number of halogens is 1. The summed E-state index contributed by atoms with van der Waals surface area (Å²) in [5.74, 6) is 0. The predicted molar refractivity (Wildman–Crippen MR) is 95.6 cm³/mol. The fraction of sp³-hybridized carbons (Fsp3) is 0. The molecule has 1 aromatic heterocycles. The molecule has 0 radical (unpaired) electrons. The van der Waals surface area contributed by atoms with Gasteiger partial charge in [0.15, 0.2) is 0 Å². The van der Waals surface area contributed by atoms with Crippen molar-refractivity contribution in [3.05, 3.63) is 74.1 Å². The molecule has 114 valence electrons. The molecule has 23 heavy (non-hydrogen) atoms. The Hall–Kier alpha value is -2.38. The number of non-ortho nitro benzene ring substituents is 1. The molecule has 3 aromatic rings. The first-order valence-corrected chi connectivity index (χ1v) is 8.29. The molecule has 0 fully saturated rings. The lowest BCUT2D eigenvalue weighted by molar-refractivity contribution is -0.384. The summed E-state index contributed by atoms with van der Waals surface area (Å²) < 4.78 is 1.01. The van der Waals surface area contributed by atoms with Crippen molar-refractivity contribution < 1.29 is 4.92 Å². The molecule has 0 N–H and O–H groups in total. The van der Waals surface area contributed by atoms with Crippen molar-refractivity contribution >= 4 is 44.3 Å². The van der Waals surface area contributed by atoms with Crippen LogP contribution in [0.1, 0.15) is 5.56 Å². The lowest BCUT2D eigenvalue weighted by Gasteiger charge is -1.95. The van der Waals surface area contributed by atoms with Gasteiger partial charge in [0.2, 0.25) is 5.13 Å². The first-order valence-electron chi connectivity index (χ1n) is 6.62. The highest BCUT2D eigenvalue weighted by Crippen LogP contribution is 2.27. The van der Waals surface area contributed by atoms with Gasteiger partial charge in [0.05, 0.1) is 10.6 Å². The summed E-state index contributed by atoms with van der Waals surface area (Å²) in [5, 5.41) is 13.3. The van der Waals surface area contributed by atoms with Crippen molar-refractivity contribution in [3.63, 3.8) is 0 Å². The van der Waals surface area contributed by atoms with Gasteiger partial charge in [-0.3, -0.25) is 10.1 Å². The molecule has 0 aliphatic heterocycles. The van der Waals surface area contributed by atoms with E-state index in [0.29, 0.717) is 10.7 Å². The first-order chi connectivity index (χ1) is 11.1. The minimum Gasteiger partial charge on any atom is -0.258 e. The number of aromatic nitrogens is 1. The van der Waals surface area contributed by atoms with Gasteiger partial charge in [-0.05, 0) is 17.7 Å². The average Bonchev–Trinajstić information content (AvgIpc) is 3.03. The number of aliphatic imine (C=N–C) groups is 1. The quantitative estimate of drug-likeness (QED) is 0.349. The Bertz CT molecular complexity index is 875. The number of benzene rings is 2. The van der Waals surface area contributed by atoms with Gasteiger partial charge in [0.1, 0.15) is 0 Å². The molecule has 0 saturated heterocycles. The van der Waals surface area contributed by atoms with Gasteiger partial charge in [-0.1, -0.05) is 40.2 Å². The Morgan fingerprint density at radius 2 is 2.00 bits per heavy atom. The molecule has 0 spiro atoms. The van der Waals surface area contributed by atoms with E-state index in [-0.39, 0.29) is 5.69 Å². The first kappa shape index (κ1) is 15.5. The van der Waals surface area contributed by atoms with Crippen LogP contribution >= 0.6 is 27.3 Å². The molecule has 0 amide bonds. The highest BCUT2D eigenvalue weighted by molar-refractivity contribution is 9.10. The minimum absolute atomic E-state index is 0.0450. The van der Waals surface area contributed by atoms with E-state index in [4.69, 9.17) is 0 Å². The summed E-state index contributed by atoms with van der Waals surface area (Å²) in [6, 6.07) is 14.2. The number of nitrogens with zero attached hydrogens (tertiary/aromatic N) is 3. The van der Waals surface area contributed by atoms with Gasteiger partial charge in [-0.2, -0.15) is 0 Å². The summed E-state index contributed by atoms with van der Waals surface area (Å²) in [6.45, 7) is 0. The number of hydrogen-bond donors (Lipinski definition) is 0. The molecule has 5 nitrogen and oxygen atoms in total. The van der Waals surface area contributed by atoms with Crippen molar-refractivity contribution in [2.24, 2.45) is 4.99 Å². The highest BCUT2D eigenvalue weighted by Gasteiger charge is 2.05. The molecule has 0 unspecified atom stereocenters. The zero-order valence-corrected chi connectivity index (χ0v) is 14.1. The summed E-state index contributed by atoms with van der Waals surface area (Å²) in [6.07, 6.45) is 1.58. The number of hydrogen-bond acceptors (Lipinski definition) is 5. The van der Waals surface area contributed by atoms with Crippen LogP contribution in [0.4, 0.5) is 10.8 Å². The van der Waals surface area contributed by atoms with Crippen LogP contribution in [0.25, 0.3) is 11.3 Å². The van der Waals surface area contributed by atoms with Crippen LogP contribution in [0, 0.1) is 10.1 Å². The largest absolute Gasteiger partial charge is 0.270 e. The van der Waals surface area contributed by atoms with E-state index in [1.807, 2.05) is 29.6 Å². The lowest BCUT2D eigenvalue weighted by Crippen LogP contribution is -1.89. The Kier molecular flexibility index (Phi) is 4.59. The Labute approximate surface area is 144 Å². The van der Waals surface area contributed by atoms with E-state index >= 15 is 0 Å². The highest BCUT2D eigenvalue weighted by atomic mass is 79.9. The van der Waals surface area contributed by atoms with E-state index in [1.54, 1.807) is 18.3 Å². The van der Waals surface area contributed by atoms with Crippen LogP contribution < -0.4 is 0 Å². The third kappa shape index (κ3) is 3.88. The fourth-order valence-corrected chi connectivity index (χ4v) is 2.86. The van der Waals surface area contributed by atoms with Crippen LogP contribution in [-0.2, 0) is 0 Å². The number of thiazole rings is 1. The Morgan fingerprint density at radius 3 is 2.74 bits per heavy atom. The van der Waals surface area contributed by atoms with Crippen molar-refractivity contribution in [2.75, 3.05) is 0 Å². The molecule has 3 rings (SSSR count). The van der Waals surface area contributed by atoms with Gasteiger partial charge >= 0.3 is 0 Å². The standard InChI is InChI=1S/C16H10BrN3O2S/c17-13-6-4-12(5-7-13)15-10-23-16(19-15)18-9-11-2-1-3-14(8-11)20(21)22/h1-10H/b18-9+. The van der Waals surface area contributed by atoms with Crippen LogP contribution in [0.2, 0.25) is 0 Å². The summed E-state index contributed by atoms with van der Waals surface area (Å²) in [7, 11) is 0. The topological polar surface area (TPSA) is 68.4 Å². The molecular weight excluding hydrogens is 378 g/mol. The molecule has 0 atom stereocenters. The van der Waals surface area contributed by atoms with Gasteiger partial charge in [0.25, 0.3) is 5.69 Å². The SMILES string of the molecule is O=[N+]([O-])c1cccc(/C=N/c2nc(-c3ccc(Br)cc3)cs2)c1. The number of nitro groups is 1. The van der Waals surface area contributed by atoms with E-state index in [0.717, 1.165) is 15.7 Å². The summed E-state index contributed by atoms with van der Waals surface area (Å²) in [5.41, 5.74) is 2.58. The predicted octanol–water partition coefficient (Wildman–Crippen LogP) is 5.23. The molecule has 2 aromatic carbocycles. The third-order valence-corrected chi connectivity index (χ3v) is 4.31. The van der Waals surface area contributed by atoms with Crippen molar-refractivity contribution in [1.29, 1.82) is 0 Å². The van der Waals surface area contributed by atoms with Gasteiger partial charge < -0.3 is 0 Å². The number of nitro benzene ring substituents is 1. The Balaban J connectivity index is 1.80. The van der Waals surface area contributed by atoms with E-state index < -0.39 is 4.92 Å². The second kappa shape index (κ2) is 6.80. The van der Waals surface area contributed by atoms with Gasteiger partial charge in [0, 0.05) is 33.8 Å². The minimum atomic E-state index is -0.424. The van der Waals surface area contributed by atoms with Crippen LogP contribution in [0.15, 0.2) is 63.4 Å². The van der Waals surface area contributed by atoms with Crippen LogP contribution in [0.3, 0.4) is 0 Å². The molecule has 1 heterocycles. The maximum absolute atomic E-state index is 10.8. The molecule has 0 saturated carbocycles. The van der Waals surface area contributed by atoms with Crippen molar-refractivity contribution in [2.45, 2.75) is 0 Å². The maximum atomic E-state index is 10.8. The Morgan fingerprint density at radius 1 is 1.22 bits per heavy atom. The van der Waals surface area contributed by atoms with Gasteiger partial charge in [-0.15, -0.1) is 11.3 Å². The second-order valence-electron chi connectivity index (χ2n) is 4.63. The number of rotatable bonds is 4. The van der Waals surface area contributed by atoms with Gasteiger partial charge in [-0.25, -0.2) is 9.98 Å². The molecule has 0 bridgehead atoms. The zero-order chi connectivity index (χ0) is 16.2. The zero-order valence-electron chi connectivity index (χ0n) is 11.7. The van der Waals surface area contributed by atoms with E-state index in [1.165, 1.54) is 23.5 Å². The average molecular weight is 388 g/mol. The fourth-order valence-electron chi connectivity index (χ4n) is 1.93. The maximum Gasteiger partial charge on any atom is 0.270 e. The van der Waals surface area contributed by atoms with Crippen molar-refractivity contribution in [3.8, 4) is 11.3 Å². The smallest absolute Gasteiger partial charge is 0.258 e. The normalized spacial score (nSPS) is 11.0. The molecule has 0 aliphatic rings. The lowest BCUT2D eigenvalue weighted by atomic mass is 10.2. The summed E-state index contributed by atoms with van der Waals surface area (Å²) in [4.78, 5) is 19.1. The molecular formula is C16H10BrN3O2S. The molecule has 0 aliphatic carbocycles.